The molecule has 0 atom stereocenters. The Bertz CT molecular complexity index is 1090. The molecule has 1 N–H and O–H groups in total. The molecule has 0 amide bonds. The van der Waals surface area contributed by atoms with E-state index in [1.807, 2.05) is 12.1 Å². The number of hydrogen-bond donors (Lipinski definition) is 1. The Labute approximate surface area is 201 Å². The summed E-state index contributed by atoms with van der Waals surface area (Å²) < 4.78 is 27.3. The van der Waals surface area contributed by atoms with Gasteiger partial charge in [0.15, 0.2) is 0 Å². The van der Waals surface area contributed by atoms with E-state index < -0.39 is 14.9 Å². The van der Waals surface area contributed by atoms with Crippen molar-refractivity contribution in [2.45, 2.75) is 37.2 Å². The van der Waals surface area contributed by atoms with Crippen molar-refractivity contribution < 1.29 is 13.3 Å². The molecule has 2 aliphatic heterocycles. The van der Waals surface area contributed by atoms with Crippen LogP contribution in [-0.4, -0.2) is 73.8 Å². The highest BCUT2D eigenvalue weighted by Gasteiger charge is 2.28. The van der Waals surface area contributed by atoms with Gasteiger partial charge < -0.3 is 10.2 Å². The van der Waals surface area contributed by atoms with Crippen LogP contribution in [0.5, 0.6) is 0 Å². The Kier molecular flexibility index (Phi) is 7.82. The molecule has 0 spiro atoms. The molecular weight excluding hydrogens is 454 g/mol. The summed E-state index contributed by atoms with van der Waals surface area (Å²) in [6, 6.07) is 12.4. The molecule has 2 aromatic carbocycles. The number of likely N-dealkylation sites (N-methyl/N-ethyl adjacent to an activating group) is 1. The van der Waals surface area contributed by atoms with E-state index in [9.17, 15) is 18.5 Å². The van der Waals surface area contributed by atoms with E-state index in [0.29, 0.717) is 25.3 Å². The summed E-state index contributed by atoms with van der Waals surface area (Å²) in [7, 11) is -1.58. The minimum absolute atomic E-state index is 0.0279. The van der Waals surface area contributed by atoms with Crippen LogP contribution < -0.4 is 5.32 Å². The first kappa shape index (κ1) is 24.6. The van der Waals surface area contributed by atoms with Crippen molar-refractivity contribution in [3.63, 3.8) is 0 Å². The monoisotopic (exact) mass is 487 g/mol. The van der Waals surface area contributed by atoms with Crippen molar-refractivity contribution in [2.75, 3.05) is 51.6 Å². The number of nitro benzene ring substituents is 1. The molecule has 0 unspecified atom stereocenters. The van der Waals surface area contributed by atoms with Crippen molar-refractivity contribution >= 4 is 21.4 Å². The van der Waals surface area contributed by atoms with E-state index in [-0.39, 0.29) is 10.6 Å². The lowest BCUT2D eigenvalue weighted by molar-refractivity contribution is -0.384. The Morgan fingerprint density at radius 1 is 0.912 bits per heavy atom. The lowest BCUT2D eigenvalue weighted by Crippen LogP contribution is -2.43. The number of nitrogens with one attached hydrogen (secondary N) is 1. The second-order valence-electron chi connectivity index (χ2n) is 9.15. The maximum absolute atomic E-state index is 12.9. The SMILES string of the molecule is CN1CCN(Cc2ccc(CNc3ccc(S(=O)(=O)N4CCCCC4)cc3[N+](=O)[O-])cc2)CC1. The predicted octanol–water partition coefficient (Wildman–Crippen LogP) is 3.13. The van der Waals surface area contributed by atoms with Gasteiger partial charge in [-0.1, -0.05) is 30.7 Å². The number of benzene rings is 2. The van der Waals surface area contributed by atoms with Crippen molar-refractivity contribution in [3.05, 3.63) is 63.7 Å². The second kappa shape index (κ2) is 10.8. The summed E-state index contributed by atoms with van der Waals surface area (Å²) >= 11 is 0. The zero-order valence-corrected chi connectivity index (χ0v) is 20.5. The molecule has 2 aliphatic rings. The average Bonchev–Trinajstić information content (AvgIpc) is 2.85. The largest absolute Gasteiger partial charge is 0.375 e. The normalized spacial score (nSPS) is 18.6. The average molecular weight is 488 g/mol. The van der Waals surface area contributed by atoms with Gasteiger partial charge in [0, 0.05) is 58.4 Å². The van der Waals surface area contributed by atoms with Gasteiger partial charge in [0.25, 0.3) is 5.69 Å². The first-order valence-electron chi connectivity index (χ1n) is 11.8. The molecule has 2 aromatic rings. The summed E-state index contributed by atoms with van der Waals surface area (Å²) in [5, 5.41) is 14.8. The van der Waals surface area contributed by atoms with Gasteiger partial charge in [0.1, 0.15) is 5.69 Å². The van der Waals surface area contributed by atoms with Crippen LogP contribution in [0, 0.1) is 10.1 Å². The van der Waals surface area contributed by atoms with Crippen molar-refractivity contribution in [3.8, 4) is 0 Å². The summed E-state index contributed by atoms with van der Waals surface area (Å²) in [5.41, 5.74) is 2.32. The lowest BCUT2D eigenvalue weighted by Gasteiger charge is -2.32. The number of hydrogen-bond acceptors (Lipinski definition) is 7. The van der Waals surface area contributed by atoms with Gasteiger partial charge in [-0.05, 0) is 43.1 Å². The van der Waals surface area contributed by atoms with Gasteiger partial charge in [-0.3, -0.25) is 15.0 Å². The standard InChI is InChI=1S/C24H33N5O4S/c1-26-13-15-27(16-14-26)19-21-7-5-20(6-8-21)18-25-23-10-9-22(17-24(23)29(30)31)34(32,33)28-11-3-2-4-12-28/h5-10,17,25H,2-4,11-16,18-19H2,1H3. The second-order valence-corrected chi connectivity index (χ2v) is 11.1. The Hall–Kier alpha value is -2.53. The van der Waals surface area contributed by atoms with Crippen LogP contribution in [0.25, 0.3) is 0 Å². The molecule has 0 radical (unpaired) electrons. The fraction of sp³-hybridized carbons (Fsp3) is 0.500. The smallest absolute Gasteiger partial charge is 0.293 e. The molecule has 4 rings (SSSR count). The minimum Gasteiger partial charge on any atom is -0.375 e. The highest BCUT2D eigenvalue weighted by atomic mass is 32.2. The summed E-state index contributed by atoms with van der Waals surface area (Å²) in [4.78, 5) is 15.9. The highest BCUT2D eigenvalue weighted by Crippen LogP contribution is 2.30. The topological polar surface area (TPSA) is 99.0 Å². The number of nitro groups is 1. The Morgan fingerprint density at radius 3 is 2.21 bits per heavy atom. The predicted molar refractivity (Wildman–Crippen MR) is 132 cm³/mol. The van der Waals surface area contributed by atoms with Crippen LogP contribution in [0.1, 0.15) is 30.4 Å². The number of piperidine rings is 1. The molecule has 10 heteroatoms. The highest BCUT2D eigenvalue weighted by molar-refractivity contribution is 7.89. The van der Waals surface area contributed by atoms with E-state index in [1.54, 1.807) is 0 Å². The van der Waals surface area contributed by atoms with Crippen LogP contribution >= 0.6 is 0 Å². The van der Waals surface area contributed by atoms with Gasteiger partial charge in [-0.25, -0.2) is 8.42 Å². The third-order valence-corrected chi connectivity index (χ3v) is 8.52. The number of nitrogens with zero attached hydrogens (tertiary/aromatic N) is 4. The minimum atomic E-state index is -3.73. The summed E-state index contributed by atoms with van der Waals surface area (Å²) in [5.74, 6) is 0. The van der Waals surface area contributed by atoms with E-state index >= 15 is 0 Å². The maximum atomic E-state index is 12.9. The van der Waals surface area contributed by atoms with E-state index in [1.165, 1.54) is 28.1 Å². The molecule has 184 valence electrons. The molecule has 9 nitrogen and oxygen atoms in total. The van der Waals surface area contributed by atoms with Gasteiger partial charge in [0.2, 0.25) is 10.0 Å². The quantitative estimate of drug-likeness (QED) is 0.451. The molecule has 0 aromatic heterocycles. The van der Waals surface area contributed by atoms with Crippen LogP contribution in [0.3, 0.4) is 0 Å². The molecule has 34 heavy (non-hydrogen) atoms. The number of anilines is 1. The van der Waals surface area contributed by atoms with Gasteiger partial charge in [-0.2, -0.15) is 4.31 Å². The van der Waals surface area contributed by atoms with Crippen LogP contribution in [0.2, 0.25) is 0 Å². The zero-order chi connectivity index (χ0) is 24.1. The number of rotatable bonds is 8. The summed E-state index contributed by atoms with van der Waals surface area (Å²) in [6.07, 6.45) is 2.64. The molecule has 0 aliphatic carbocycles. The number of piperazine rings is 1. The van der Waals surface area contributed by atoms with Crippen molar-refractivity contribution in [1.29, 1.82) is 0 Å². The van der Waals surface area contributed by atoms with Gasteiger partial charge >= 0.3 is 0 Å². The van der Waals surface area contributed by atoms with Crippen molar-refractivity contribution in [2.24, 2.45) is 0 Å². The number of sulfonamides is 1. The molecule has 0 bridgehead atoms. The molecule has 2 fully saturated rings. The first-order chi connectivity index (χ1) is 16.3. The third kappa shape index (κ3) is 5.93. The molecule has 0 saturated carbocycles. The molecule has 2 heterocycles. The first-order valence-corrected chi connectivity index (χ1v) is 13.3. The van der Waals surface area contributed by atoms with E-state index in [2.05, 4.69) is 34.3 Å². The van der Waals surface area contributed by atoms with E-state index in [0.717, 1.165) is 57.5 Å². The molecular formula is C24H33N5O4S. The molecule has 2 saturated heterocycles. The Morgan fingerprint density at radius 2 is 1.56 bits per heavy atom. The Balaban J connectivity index is 1.41. The zero-order valence-electron chi connectivity index (χ0n) is 19.6. The van der Waals surface area contributed by atoms with Crippen LogP contribution in [0.15, 0.2) is 47.4 Å². The van der Waals surface area contributed by atoms with Crippen LogP contribution in [0.4, 0.5) is 11.4 Å². The van der Waals surface area contributed by atoms with E-state index in [4.69, 9.17) is 0 Å². The van der Waals surface area contributed by atoms with Crippen molar-refractivity contribution in [1.82, 2.24) is 14.1 Å². The maximum Gasteiger partial charge on any atom is 0.293 e. The summed E-state index contributed by atoms with van der Waals surface area (Å²) in [6.45, 7) is 6.54. The van der Waals surface area contributed by atoms with Gasteiger partial charge in [-0.15, -0.1) is 0 Å². The van der Waals surface area contributed by atoms with Gasteiger partial charge in [0.05, 0.1) is 9.82 Å². The third-order valence-electron chi connectivity index (χ3n) is 6.63. The van der Waals surface area contributed by atoms with Crippen LogP contribution in [-0.2, 0) is 23.1 Å². The fourth-order valence-corrected chi connectivity index (χ4v) is 5.99. The fourth-order valence-electron chi connectivity index (χ4n) is 4.45. The lowest BCUT2D eigenvalue weighted by atomic mass is 10.1.